The number of hydrogen-bond acceptors (Lipinski definition) is 3. The minimum Gasteiger partial charge on any atom is -0.369 e. The smallest absolute Gasteiger partial charge is 0.222 e. The number of likely N-dealkylation sites (tertiary alicyclic amines) is 1. The van der Waals surface area contributed by atoms with E-state index in [0.29, 0.717) is 31.3 Å². The van der Waals surface area contributed by atoms with Crippen LogP contribution in [0, 0.1) is 17.8 Å². The zero-order valence-electron chi connectivity index (χ0n) is 11.7. The third kappa shape index (κ3) is 3.69. The fourth-order valence-corrected chi connectivity index (χ4v) is 3.15. The van der Waals surface area contributed by atoms with E-state index in [4.69, 9.17) is 5.73 Å². The molecular formula is C14H25N3O2. The maximum Gasteiger partial charge on any atom is 0.222 e. The predicted molar refractivity (Wildman–Crippen MR) is 73.3 cm³/mol. The Kier molecular flexibility index (Phi) is 4.80. The van der Waals surface area contributed by atoms with Crippen molar-refractivity contribution in [3.63, 3.8) is 0 Å². The van der Waals surface area contributed by atoms with Crippen molar-refractivity contribution in [2.45, 2.75) is 32.6 Å². The number of carbonyl (C=O) groups is 2. The van der Waals surface area contributed by atoms with E-state index in [9.17, 15) is 9.59 Å². The van der Waals surface area contributed by atoms with Crippen molar-refractivity contribution in [3.8, 4) is 0 Å². The second-order valence-electron chi connectivity index (χ2n) is 6.02. The molecule has 3 unspecified atom stereocenters. The fraction of sp³-hybridized carbons (Fsp3) is 0.857. The molecule has 108 valence electrons. The Balaban J connectivity index is 1.79. The molecule has 0 saturated carbocycles. The summed E-state index contributed by atoms with van der Waals surface area (Å²) >= 11 is 0. The molecule has 5 nitrogen and oxygen atoms in total. The van der Waals surface area contributed by atoms with Gasteiger partial charge in [-0.1, -0.05) is 6.92 Å². The van der Waals surface area contributed by atoms with Gasteiger partial charge in [0.2, 0.25) is 11.8 Å². The number of nitrogens with one attached hydrogen (secondary N) is 1. The molecule has 0 radical (unpaired) electrons. The lowest BCUT2D eigenvalue weighted by Crippen LogP contribution is -2.37. The molecule has 2 rings (SSSR count). The number of nitrogens with two attached hydrogens (primary N) is 1. The monoisotopic (exact) mass is 267 g/mol. The molecule has 0 aromatic rings. The van der Waals surface area contributed by atoms with E-state index in [1.807, 2.05) is 4.90 Å². The first-order valence-electron chi connectivity index (χ1n) is 7.35. The van der Waals surface area contributed by atoms with E-state index >= 15 is 0 Å². The Bertz CT molecular complexity index is 340. The largest absolute Gasteiger partial charge is 0.369 e. The van der Waals surface area contributed by atoms with Crippen molar-refractivity contribution in [2.24, 2.45) is 23.5 Å². The molecule has 5 heteroatoms. The zero-order valence-corrected chi connectivity index (χ0v) is 11.7. The van der Waals surface area contributed by atoms with E-state index in [-0.39, 0.29) is 17.7 Å². The van der Waals surface area contributed by atoms with Crippen LogP contribution in [0.25, 0.3) is 0 Å². The molecule has 2 fully saturated rings. The van der Waals surface area contributed by atoms with Gasteiger partial charge in [0.25, 0.3) is 0 Å². The highest BCUT2D eigenvalue weighted by atomic mass is 16.2. The Morgan fingerprint density at radius 1 is 1.42 bits per heavy atom. The van der Waals surface area contributed by atoms with Crippen molar-refractivity contribution in [3.05, 3.63) is 0 Å². The van der Waals surface area contributed by atoms with Crippen LogP contribution < -0.4 is 11.1 Å². The molecule has 0 aromatic heterocycles. The molecule has 2 saturated heterocycles. The summed E-state index contributed by atoms with van der Waals surface area (Å²) in [4.78, 5) is 25.1. The van der Waals surface area contributed by atoms with Crippen molar-refractivity contribution in [1.82, 2.24) is 10.2 Å². The molecule has 2 aliphatic rings. The van der Waals surface area contributed by atoms with Crippen molar-refractivity contribution in [2.75, 3.05) is 26.2 Å². The number of primary amides is 1. The molecule has 0 spiro atoms. The minimum absolute atomic E-state index is 0.143. The van der Waals surface area contributed by atoms with Crippen LogP contribution in [0.2, 0.25) is 0 Å². The van der Waals surface area contributed by atoms with E-state index in [1.165, 1.54) is 12.8 Å². The standard InChI is InChI=1S/C14H25N3O2/c1-10(11-3-2-5-16-8-11)7-13(18)17-6-4-12(9-17)14(15)19/h10-12,16H,2-9H2,1H3,(H2,15,19). The number of hydrogen-bond donors (Lipinski definition) is 2. The van der Waals surface area contributed by atoms with Crippen molar-refractivity contribution >= 4 is 11.8 Å². The third-order valence-corrected chi connectivity index (χ3v) is 4.58. The first kappa shape index (κ1) is 14.3. The van der Waals surface area contributed by atoms with Gasteiger partial charge >= 0.3 is 0 Å². The fourth-order valence-electron chi connectivity index (χ4n) is 3.15. The first-order chi connectivity index (χ1) is 9.08. The first-order valence-corrected chi connectivity index (χ1v) is 7.35. The van der Waals surface area contributed by atoms with Gasteiger partial charge in [-0.3, -0.25) is 9.59 Å². The number of amides is 2. The maximum atomic E-state index is 12.2. The Morgan fingerprint density at radius 2 is 2.21 bits per heavy atom. The quantitative estimate of drug-likeness (QED) is 0.771. The van der Waals surface area contributed by atoms with Gasteiger partial charge in [-0.05, 0) is 44.2 Å². The van der Waals surface area contributed by atoms with E-state index in [1.54, 1.807) is 0 Å². The summed E-state index contributed by atoms with van der Waals surface area (Å²) in [7, 11) is 0. The maximum absolute atomic E-state index is 12.2. The van der Waals surface area contributed by atoms with Gasteiger partial charge < -0.3 is 16.0 Å². The summed E-state index contributed by atoms with van der Waals surface area (Å²) in [6.45, 7) is 5.49. The molecule has 0 aromatic carbocycles. The van der Waals surface area contributed by atoms with Crippen LogP contribution in [0.3, 0.4) is 0 Å². The van der Waals surface area contributed by atoms with E-state index < -0.39 is 0 Å². The molecule has 2 heterocycles. The number of carbonyl (C=O) groups excluding carboxylic acids is 2. The number of nitrogens with zero attached hydrogens (tertiary/aromatic N) is 1. The van der Waals surface area contributed by atoms with Gasteiger partial charge in [0.15, 0.2) is 0 Å². The van der Waals surface area contributed by atoms with Gasteiger partial charge in [0, 0.05) is 19.5 Å². The van der Waals surface area contributed by atoms with Gasteiger partial charge in [-0.2, -0.15) is 0 Å². The highest BCUT2D eigenvalue weighted by Gasteiger charge is 2.31. The van der Waals surface area contributed by atoms with Crippen LogP contribution >= 0.6 is 0 Å². The molecule has 19 heavy (non-hydrogen) atoms. The second-order valence-corrected chi connectivity index (χ2v) is 6.02. The SMILES string of the molecule is CC(CC(=O)N1CCC(C(N)=O)C1)C1CCCNC1. The van der Waals surface area contributed by atoms with Gasteiger partial charge in [0.1, 0.15) is 0 Å². The summed E-state index contributed by atoms with van der Waals surface area (Å²) in [5.74, 6) is 0.775. The lowest BCUT2D eigenvalue weighted by Gasteiger charge is -2.29. The lowest BCUT2D eigenvalue weighted by atomic mass is 9.85. The van der Waals surface area contributed by atoms with Gasteiger partial charge in [-0.15, -0.1) is 0 Å². The number of piperidine rings is 1. The Labute approximate surface area is 114 Å². The molecule has 3 N–H and O–H groups in total. The van der Waals surface area contributed by atoms with Crippen LogP contribution in [0.4, 0.5) is 0 Å². The van der Waals surface area contributed by atoms with Crippen LogP contribution in [0.5, 0.6) is 0 Å². The van der Waals surface area contributed by atoms with Gasteiger partial charge in [0.05, 0.1) is 5.92 Å². The Morgan fingerprint density at radius 3 is 2.79 bits per heavy atom. The minimum atomic E-state index is -0.278. The summed E-state index contributed by atoms with van der Waals surface area (Å²) in [5, 5.41) is 3.39. The van der Waals surface area contributed by atoms with E-state index in [2.05, 4.69) is 12.2 Å². The third-order valence-electron chi connectivity index (χ3n) is 4.58. The summed E-state index contributed by atoms with van der Waals surface area (Å²) < 4.78 is 0. The molecule has 2 amide bonds. The van der Waals surface area contributed by atoms with Crippen LogP contribution in [0.1, 0.15) is 32.6 Å². The predicted octanol–water partition coefficient (Wildman–Crippen LogP) is 0.346. The molecule has 2 aliphatic heterocycles. The summed E-state index contributed by atoms with van der Waals surface area (Å²) in [6, 6.07) is 0. The van der Waals surface area contributed by atoms with Crippen molar-refractivity contribution < 1.29 is 9.59 Å². The van der Waals surface area contributed by atoms with Crippen molar-refractivity contribution in [1.29, 1.82) is 0 Å². The normalized spacial score (nSPS) is 29.2. The summed E-state index contributed by atoms with van der Waals surface area (Å²) in [6.07, 6.45) is 3.74. The molecule has 3 atom stereocenters. The Hall–Kier alpha value is -1.10. The highest BCUT2D eigenvalue weighted by Crippen LogP contribution is 2.25. The average Bonchev–Trinajstić information content (AvgIpc) is 2.89. The van der Waals surface area contributed by atoms with Crippen LogP contribution in [-0.2, 0) is 9.59 Å². The van der Waals surface area contributed by atoms with Gasteiger partial charge in [-0.25, -0.2) is 0 Å². The molecule has 0 bridgehead atoms. The van der Waals surface area contributed by atoms with Crippen LogP contribution in [0.15, 0.2) is 0 Å². The molecular weight excluding hydrogens is 242 g/mol. The lowest BCUT2D eigenvalue weighted by molar-refractivity contribution is -0.131. The van der Waals surface area contributed by atoms with E-state index in [0.717, 1.165) is 19.5 Å². The highest BCUT2D eigenvalue weighted by molar-refractivity contribution is 5.81. The summed E-state index contributed by atoms with van der Waals surface area (Å²) in [5.41, 5.74) is 5.29. The van der Waals surface area contributed by atoms with Crippen LogP contribution in [-0.4, -0.2) is 42.9 Å². The number of rotatable bonds is 4. The topological polar surface area (TPSA) is 75.4 Å². The second kappa shape index (κ2) is 6.37. The molecule has 0 aliphatic carbocycles. The zero-order chi connectivity index (χ0) is 13.8. The average molecular weight is 267 g/mol.